The zero-order valence-electron chi connectivity index (χ0n) is 16.5. The topological polar surface area (TPSA) is 69.6 Å². The molecule has 1 aliphatic rings. The number of halogens is 1. The molecule has 0 aromatic carbocycles. The van der Waals surface area contributed by atoms with Crippen molar-refractivity contribution >= 4 is 47.2 Å². The van der Waals surface area contributed by atoms with Gasteiger partial charge in [0.25, 0.3) is 0 Å². The molecule has 148 valence electrons. The van der Waals surface area contributed by atoms with Gasteiger partial charge in [-0.15, -0.1) is 35.3 Å². The lowest BCUT2D eigenvalue weighted by atomic mass is 9.84. The minimum atomic E-state index is -0.298. The smallest absolute Gasteiger partial charge is 0.230 e. The van der Waals surface area contributed by atoms with E-state index in [1.807, 2.05) is 14.1 Å². The molecule has 1 aliphatic carbocycles. The molecule has 8 heteroatoms. The number of hydrogen-bond acceptors (Lipinski definition) is 4. The zero-order valence-corrected chi connectivity index (χ0v) is 19.6. The Bertz CT molecular complexity index is 608. The minimum absolute atomic E-state index is 0. The fourth-order valence-electron chi connectivity index (χ4n) is 3.30. The first-order valence-corrected chi connectivity index (χ1v) is 9.86. The van der Waals surface area contributed by atoms with Crippen molar-refractivity contribution < 1.29 is 4.79 Å². The van der Waals surface area contributed by atoms with Crippen LogP contribution in [0.25, 0.3) is 0 Å². The zero-order chi connectivity index (χ0) is 18.4. The number of hydrogen-bond donors (Lipinski definition) is 2. The molecule has 0 radical (unpaired) electrons. The second-order valence-corrected chi connectivity index (χ2v) is 8.23. The molecule has 1 aromatic rings. The van der Waals surface area contributed by atoms with Crippen LogP contribution in [0.2, 0.25) is 0 Å². The number of guanidine groups is 1. The van der Waals surface area contributed by atoms with Crippen molar-refractivity contribution in [2.45, 2.75) is 52.0 Å². The molecule has 1 fully saturated rings. The first-order chi connectivity index (χ1) is 11.9. The SMILES string of the molecule is CN=C(NCc1nc(C(C)C)cs1)NCC1(C(=O)N(C)C)CCCC1.I. The van der Waals surface area contributed by atoms with E-state index in [4.69, 9.17) is 0 Å². The van der Waals surface area contributed by atoms with Crippen molar-refractivity contribution in [3.63, 3.8) is 0 Å². The van der Waals surface area contributed by atoms with E-state index in [1.54, 1.807) is 23.3 Å². The third-order valence-electron chi connectivity index (χ3n) is 4.81. The molecule has 0 spiro atoms. The first kappa shape index (κ1) is 23.1. The number of nitrogens with zero attached hydrogens (tertiary/aromatic N) is 3. The first-order valence-electron chi connectivity index (χ1n) is 8.98. The number of carbonyl (C=O) groups excluding carboxylic acids is 1. The Morgan fingerprint density at radius 3 is 2.50 bits per heavy atom. The summed E-state index contributed by atoms with van der Waals surface area (Å²) in [5.74, 6) is 1.38. The van der Waals surface area contributed by atoms with Gasteiger partial charge in [0.05, 0.1) is 17.7 Å². The lowest BCUT2D eigenvalue weighted by Gasteiger charge is -2.31. The Kier molecular flexibility index (Phi) is 9.29. The van der Waals surface area contributed by atoms with Crippen LogP contribution in [-0.4, -0.2) is 49.4 Å². The van der Waals surface area contributed by atoms with Gasteiger partial charge in [0.1, 0.15) is 5.01 Å². The van der Waals surface area contributed by atoms with Gasteiger partial charge in [0.2, 0.25) is 5.91 Å². The predicted molar refractivity (Wildman–Crippen MR) is 119 cm³/mol. The van der Waals surface area contributed by atoms with Gasteiger partial charge in [-0.2, -0.15) is 0 Å². The Labute approximate surface area is 178 Å². The summed E-state index contributed by atoms with van der Waals surface area (Å²) >= 11 is 1.66. The quantitative estimate of drug-likeness (QED) is 0.363. The van der Waals surface area contributed by atoms with Gasteiger partial charge >= 0.3 is 0 Å². The molecule has 0 saturated heterocycles. The van der Waals surface area contributed by atoms with Crippen LogP contribution >= 0.6 is 35.3 Å². The highest BCUT2D eigenvalue weighted by Gasteiger charge is 2.42. The van der Waals surface area contributed by atoms with E-state index < -0.39 is 0 Å². The van der Waals surface area contributed by atoms with E-state index in [0.29, 0.717) is 19.0 Å². The van der Waals surface area contributed by atoms with Gasteiger partial charge in [-0.1, -0.05) is 26.7 Å². The summed E-state index contributed by atoms with van der Waals surface area (Å²) in [5.41, 5.74) is 0.832. The molecule has 0 aliphatic heterocycles. The van der Waals surface area contributed by atoms with E-state index in [1.165, 1.54) is 0 Å². The van der Waals surface area contributed by atoms with Crippen LogP contribution in [0.5, 0.6) is 0 Å². The van der Waals surface area contributed by atoms with Crippen molar-refractivity contribution in [2.24, 2.45) is 10.4 Å². The monoisotopic (exact) mass is 493 g/mol. The Balaban J connectivity index is 0.00000338. The van der Waals surface area contributed by atoms with E-state index in [2.05, 4.69) is 39.8 Å². The largest absolute Gasteiger partial charge is 0.355 e. The maximum absolute atomic E-state index is 12.6. The predicted octanol–water partition coefficient (Wildman–Crippen LogP) is 3.20. The molecule has 26 heavy (non-hydrogen) atoms. The van der Waals surface area contributed by atoms with Crippen LogP contribution < -0.4 is 10.6 Å². The molecule has 2 rings (SSSR count). The van der Waals surface area contributed by atoms with E-state index >= 15 is 0 Å². The molecular weight excluding hydrogens is 461 g/mol. The van der Waals surface area contributed by atoms with Gasteiger partial charge in [-0.3, -0.25) is 9.79 Å². The molecule has 2 N–H and O–H groups in total. The third-order valence-corrected chi connectivity index (χ3v) is 5.67. The van der Waals surface area contributed by atoms with Crippen molar-refractivity contribution in [3.8, 4) is 0 Å². The minimum Gasteiger partial charge on any atom is -0.355 e. The molecule has 0 unspecified atom stereocenters. The van der Waals surface area contributed by atoms with Crippen LogP contribution in [0.1, 0.15) is 56.2 Å². The normalized spacial score (nSPS) is 16.3. The molecule has 1 heterocycles. The number of carbonyl (C=O) groups is 1. The van der Waals surface area contributed by atoms with Crippen LogP contribution in [-0.2, 0) is 11.3 Å². The number of rotatable bonds is 6. The van der Waals surface area contributed by atoms with Crippen molar-refractivity contribution in [1.82, 2.24) is 20.5 Å². The average molecular weight is 493 g/mol. The van der Waals surface area contributed by atoms with Gasteiger partial charge < -0.3 is 15.5 Å². The number of nitrogens with one attached hydrogen (secondary N) is 2. The van der Waals surface area contributed by atoms with Crippen molar-refractivity contribution in [2.75, 3.05) is 27.7 Å². The molecule has 0 atom stereocenters. The number of aromatic nitrogens is 1. The highest BCUT2D eigenvalue weighted by atomic mass is 127. The summed E-state index contributed by atoms with van der Waals surface area (Å²) < 4.78 is 0. The summed E-state index contributed by atoms with van der Waals surface area (Å²) in [7, 11) is 5.43. The molecular formula is C18H32IN5OS. The van der Waals surface area contributed by atoms with Crippen molar-refractivity contribution in [1.29, 1.82) is 0 Å². The van der Waals surface area contributed by atoms with E-state index in [0.717, 1.165) is 42.3 Å². The summed E-state index contributed by atoms with van der Waals surface area (Å²) in [6, 6.07) is 0. The van der Waals surface area contributed by atoms with E-state index in [9.17, 15) is 4.79 Å². The van der Waals surface area contributed by atoms with Crippen molar-refractivity contribution in [3.05, 3.63) is 16.1 Å². The molecule has 6 nitrogen and oxygen atoms in total. The van der Waals surface area contributed by atoms with Gasteiger partial charge in [0.15, 0.2) is 5.96 Å². The van der Waals surface area contributed by atoms with Gasteiger partial charge in [0, 0.05) is 33.1 Å². The van der Waals surface area contributed by atoms with Crippen LogP contribution in [0.4, 0.5) is 0 Å². The maximum atomic E-state index is 12.6. The van der Waals surface area contributed by atoms with E-state index in [-0.39, 0.29) is 35.3 Å². The summed E-state index contributed by atoms with van der Waals surface area (Å²) in [6.07, 6.45) is 4.12. The number of aliphatic imine (C=N–C) groups is 1. The molecule has 0 bridgehead atoms. The highest BCUT2D eigenvalue weighted by molar-refractivity contribution is 14.0. The summed E-state index contributed by atoms with van der Waals surface area (Å²) in [5, 5.41) is 9.83. The third kappa shape index (κ3) is 5.80. The standard InChI is InChI=1S/C18H31N5OS.HI/c1-13(2)14-11-25-15(22-14)10-20-17(19-3)21-12-18(8-6-7-9-18)16(24)23(4)5;/h11,13H,6-10,12H2,1-5H3,(H2,19,20,21);1H. The average Bonchev–Trinajstić information content (AvgIpc) is 3.24. The van der Waals surface area contributed by atoms with Crippen LogP contribution in [0.3, 0.4) is 0 Å². The maximum Gasteiger partial charge on any atom is 0.230 e. The fraction of sp³-hybridized carbons (Fsp3) is 0.722. The Hall–Kier alpha value is -0.900. The Morgan fingerprint density at radius 2 is 2.00 bits per heavy atom. The number of amides is 1. The fourth-order valence-corrected chi connectivity index (χ4v) is 4.19. The van der Waals surface area contributed by atoms with Gasteiger partial charge in [-0.05, 0) is 18.8 Å². The van der Waals surface area contributed by atoms with Gasteiger partial charge in [-0.25, -0.2) is 4.98 Å². The van der Waals surface area contributed by atoms with Crippen LogP contribution in [0.15, 0.2) is 10.4 Å². The molecule has 1 amide bonds. The highest BCUT2D eigenvalue weighted by Crippen LogP contribution is 2.38. The lowest BCUT2D eigenvalue weighted by Crippen LogP contribution is -2.49. The number of thiazole rings is 1. The molecule has 1 aromatic heterocycles. The summed E-state index contributed by atoms with van der Waals surface area (Å²) in [6.45, 7) is 5.57. The van der Waals surface area contributed by atoms with Crippen LogP contribution in [0, 0.1) is 5.41 Å². The second kappa shape index (κ2) is 10.4. The summed E-state index contributed by atoms with van der Waals surface area (Å²) in [4.78, 5) is 23.3. The Morgan fingerprint density at radius 1 is 1.35 bits per heavy atom. The lowest BCUT2D eigenvalue weighted by molar-refractivity contribution is -0.138. The second-order valence-electron chi connectivity index (χ2n) is 7.29. The molecule has 1 saturated carbocycles.